The maximum Gasteiger partial charge on any atom is 0.338 e. The van der Waals surface area contributed by atoms with E-state index >= 15 is 0 Å². The van der Waals surface area contributed by atoms with Crippen molar-refractivity contribution >= 4 is 29.0 Å². The van der Waals surface area contributed by atoms with E-state index < -0.39 is 5.97 Å². The molecule has 1 heterocycles. The van der Waals surface area contributed by atoms with Gasteiger partial charge in [0.05, 0.1) is 17.0 Å². The number of amides is 1. The topological polar surface area (TPSA) is 72.5 Å². The van der Waals surface area contributed by atoms with Gasteiger partial charge in [0.1, 0.15) is 0 Å². The first-order valence-electron chi connectivity index (χ1n) is 8.31. The first-order chi connectivity index (χ1) is 12.2. The van der Waals surface area contributed by atoms with Crippen LogP contribution in [0, 0.1) is 0 Å². The maximum absolute atomic E-state index is 12.2. The van der Waals surface area contributed by atoms with E-state index in [1.807, 2.05) is 12.1 Å². The average Bonchev–Trinajstić information content (AvgIpc) is 3.06. The number of esters is 1. The number of hydrogen-bond donors (Lipinski definition) is 1. The summed E-state index contributed by atoms with van der Waals surface area (Å²) in [6.45, 7) is 7.81. The van der Waals surface area contributed by atoms with E-state index in [-0.39, 0.29) is 23.7 Å². The third-order valence-electron chi connectivity index (χ3n) is 3.77. The van der Waals surface area contributed by atoms with Gasteiger partial charge in [-0.25, -0.2) is 4.79 Å². The second kappa shape index (κ2) is 8.27. The first-order valence-corrected chi connectivity index (χ1v) is 9.12. The Labute approximate surface area is 157 Å². The van der Waals surface area contributed by atoms with Crippen LogP contribution in [-0.4, -0.2) is 24.3 Å². The van der Waals surface area contributed by atoms with E-state index in [2.05, 4.69) is 26.1 Å². The highest BCUT2D eigenvalue weighted by molar-refractivity contribution is 7.14. The van der Waals surface area contributed by atoms with Crippen molar-refractivity contribution in [3.8, 4) is 0 Å². The number of ketones is 1. The van der Waals surface area contributed by atoms with Gasteiger partial charge >= 0.3 is 5.97 Å². The third kappa shape index (κ3) is 5.52. The Balaban J connectivity index is 1.90. The summed E-state index contributed by atoms with van der Waals surface area (Å²) < 4.78 is 5.13. The summed E-state index contributed by atoms with van der Waals surface area (Å²) >= 11 is 1.28. The second-order valence-corrected chi connectivity index (χ2v) is 8.17. The molecule has 0 unspecified atom stereocenters. The molecule has 0 saturated heterocycles. The maximum atomic E-state index is 12.2. The summed E-state index contributed by atoms with van der Waals surface area (Å²) in [7, 11) is 0. The van der Waals surface area contributed by atoms with Crippen LogP contribution in [0.4, 0.5) is 0 Å². The molecule has 5 nitrogen and oxygen atoms in total. The van der Waals surface area contributed by atoms with Crippen molar-refractivity contribution in [1.29, 1.82) is 0 Å². The largest absolute Gasteiger partial charge is 0.454 e. The molecule has 0 aliphatic heterocycles. The minimum Gasteiger partial charge on any atom is -0.454 e. The molecular weight excluding hydrogens is 350 g/mol. The fourth-order valence-corrected chi connectivity index (χ4v) is 3.10. The lowest BCUT2D eigenvalue weighted by molar-refractivity contribution is -0.119. The molecule has 0 radical (unpaired) electrons. The first kappa shape index (κ1) is 19.8. The van der Waals surface area contributed by atoms with Gasteiger partial charge in [-0.15, -0.1) is 11.3 Å². The molecule has 1 amide bonds. The number of nitrogens with one attached hydrogen (secondary N) is 1. The molecule has 138 valence electrons. The van der Waals surface area contributed by atoms with Gasteiger partial charge in [0.25, 0.3) is 0 Å². The molecule has 6 heteroatoms. The molecule has 0 aliphatic carbocycles. The molecule has 0 saturated carbocycles. The Morgan fingerprint density at radius 1 is 1.04 bits per heavy atom. The number of Topliss-reactive ketones (excluding diaryl/α,β-unsaturated/α-hetero) is 1. The molecule has 1 aromatic carbocycles. The summed E-state index contributed by atoms with van der Waals surface area (Å²) in [6, 6.07) is 10.7. The lowest BCUT2D eigenvalue weighted by Gasteiger charge is -2.18. The summed E-state index contributed by atoms with van der Waals surface area (Å²) in [5.41, 5.74) is 1.55. The Kier molecular flexibility index (Phi) is 6.32. The van der Waals surface area contributed by atoms with Crippen LogP contribution in [0.15, 0.2) is 36.4 Å². The standard InChI is InChI=1S/C20H23NO4S/c1-13(22)21-11-16-9-10-18(26-16)17(23)12-25-19(24)14-5-7-15(8-6-14)20(2,3)4/h5-10H,11-12H2,1-4H3,(H,21,22). The van der Waals surface area contributed by atoms with E-state index in [9.17, 15) is 14.4 Å². The normalized spacial score (nSPS) is 11.1. The lowest BCUT2D eigenvalue weighted by atomic mass is 9.87. The van der Waals surface area contributed by atoms with Crippen LogP contribution in [0.25, 0.3) is 0 Å². The van der Waals surface area contributed by atoms with Crippen LogP contribution in [0.1, 0.15) is 58.2 Å². The van der Waals surface area contributed by atoms with Gasteiger partial charge < -0.3 is 10.1 Å². The van der Waals surface area contributed by atoms with Crippen LogP contribution in [0.2, 0.25) is 0 Å². The fourth-order valence-electron chi connectivity index (χ4n) is 2.23. The van der Waals surface area contributed by atoms with E-state index in [4.69, 9.17) is 4.74 Å². The van der Waals surface area contributed by atoms with Crippen molar-refractivity contribution in [3.05, 3.63) is 57.3 Å². The van der Waals surface area contributed by atoms with Crippen molar-refractivity contribution in [3.63, 3.8) is 0 Å². The summed E-state index contributed by atoms with van der Waals surface area (Å²) in [5.74, 6) is -0.907. The molecule has 2 aromatic rings. The number of ether oxygens (including phenoxy) is 1. The van der Waals surface area contributed by atoms with E-state index in [1.54, 1.807) is 24.3 Å². The number of carbonyl (C=O) groups is 3. The zero-order valence-corrected chi connectivity index (χ0v) is 16.2. The van der Waals surface area contributed by atoms with Crippen LogP contribution in [-0.2, 0) is 21.5 Å². The zero-order chi connectivity index (χ0) is 19.3. The van der Waals surface area contributed by atoms with E-state index in [0.29, 0.717) is 17.0 Å². The zero-order valence-electron chi connectivity index (χ0n) is 15.4. The quantitative estimate of drug-likeness (QED) is 0.619. The predicted molar refractivity (Wildman–Crippen MR) is 102 cm³/mol. The predicted octanol–water partition coefficient (Wildman–Crippen LogP) is 3.72. The number of rotatable bonds is 6. The summed E-state index contributed by atoms with van der Waals surface area (Å²) in [6.07, 6.45) is 0. The molecule has 0 aliphatic rings. The van der Waals surface area contributed by atoms with Crippen LogP contribution >= 0.6 is 11.3 Å². The molecule has 0 atom stereocenters. The monoisotopic (exact) mass is 373 g/mol. The third-order valence-corrected chi connectivity index (χ3v) is 4.90. The minimum absolute atomic E-state index is 0.00647. The smallest absolute Gasteiger partial charge is 0.338 e. The molecule has 0 spiro atoms. The van der Waals surface area contributed by atoms with Gasteiger partial charge in [-0.1, -0.05) is 32.9 Å². The van der Waals surface area contributed by atoms with E-state index in [0.717, 1.165) is 10.4 Å². The molecule has 0 fully saturated rings. The Bertz CT molecular complexity index is 800. The van der Waals surface area contributed by atoms with Gasteiger partial charge in [0, 0.05) is 11.8 Å². The van der Waals surface area contributed by atoms with Crippen molar-refractivity contribution in [2.24, 2.45) is 0 Å². The van der Waals surface area contributed by atoms with Gasteiger partial charge in [-0.2, -0.15) is 0 Å². The van der Waals surface area contributed by atoms with Crippen LogP contribution < -0.4 is 5.32 Å². The number of thiophene rings is 1. The van der Waals surface area contributed by atoms with Gasteiger partial charge in [0.2, 0.25) is 11.7 Å². The molecule has 1 aromatic heterocycles. The van der Waals surface area contributed by atoms with Gasteiger partial charge in [-0.05, 0) is 35.2 Å². The van der Waals surface area contributed by atoms with Crippen molar-refractivity contribution in [2.45, 2.75) is 39.7 Å². The number of hydrogen-bond acceptors (Lipinski definition) is 5. The van der Waals surface area contributed by atoms with Crippen LogP contribution in [0.3, 0.4) is 0 Å². The SMILES string of the molecule is CC(=O)NCc1ccc(C(=O)COC(=O)c2ccc(C(C)(C)C)cc2)s1. The second-order valence-electron chi connectivity index (χ2n) is 7.00. The summed E-state index contributed by atoms with van der Waals surface area (Å²) in [4.78, 5) is 36.6. The minimum atomic E-state index is -0.520. The van der Waals surface area contributed by atoms with E-state index in [1.165, 1.54) is 18.3 Å². The Morgan fingerprint density at radius 2 is 1.69 bits per heavy atom. The molecule has 26 heavy (non-hydrogen) atoms. The van der Waals surface area contributed by atoms with Crippen LogP contribution in [0.5, 0.6) is 0 Å². The fraction of sp³-hybridized carbons (Fsp3) is 0.350. The molecule has 1 N–H and O–H groups in total. The lowest BCUT2D eigenvalue weighted by Crippen LogP contribution is -2.18. The molecular formula is C20H23NO4S. The average molecular weight is 373 g/mol. The Morgan fingerprint density at radius 3 is 2.27 bits per heavy atom. The highest BCUT2D eigenvalue weighted by Crippen LogP contribution is 2.22. The number of carbonyl (C=O) groups excluding carboxylic acids is 3. The van der Waals surface area contributed by atoms with Gasteiger partial charge in [0.15, 0.2) is 6.61 Å². The molecule has 2 rings (SSSR count). The number of benzene rings is 1. The summed E-state index contributed by atoms with van der Waals surface area (Å²) in [5, 5.41) is 2.68. The highest BCUT2D eigenvalue weighted by atomic mass is 32.1. The molecule has 0 bridgehead atoms. The highest BCUT2D eigenvalue weighted by Gasteiger charge is 2.16. The van der Waals surface area contributed by atoms with Crippen molar-refractivity contribution in [2.75, 3.05) is 6.61 Å². The Hall–Kier alpha value is -2.47. The van der Waals surface area contributed by atoms with Crippen molar-refractivity contribution in [1.82, 2.24) is 5.32 Å². The van der Waals surface area contributed by atoms with Crippen molar-refractivity contribution < 1.29 is 19.1 Å². The van der Waals surface area contributed by atoms with Gasteiger partial charge in [-0.3, -0.25) is 9.59 Å².